The van der Waals surface area contributed by atoms with E-state index in [1.807, 2.05) is 6.26 Å². The summed E-state index contributed by atoms with van der Waals surface area (Å²) in [6.45, 7) is 0.0837. The zero-order valence-electron chi connectivity index (χ0n) is 8.97. The molecule has 0 saturated heterocycles. The number of sulfonamides is 1. The Balaban J connectivity index is 2.56. The molecule has 0 fully saturated rings. The highest BCUT2D eigenvalue weighted by Crippen LogP contribution is 2.13. The molecule has 1 rings (SSSR count). The number of hydrogen-bond donors (Lipinski definition) is 2. The van der Waals surface area contributed by atoms with Crippen LogP contribution in [0.5, 0.6) is 0 Å². The standard InChI is InChI=1S/C9H15NO4S2/c1-15-6-2-5-10-16(12,13)9-4-3-8(7-11)14-9/h3-4,10-11H,2,5-7H2,1H3. The second-order valence-electron chi connectivity index (χ2n) is 3.12. The number of aliphatic hydroxyl groups is 1. The lowest BCUT2D eigenvalue weighted by molar-refractivity contribution is 0.236. The Morgan fingerprint density at radius 2 is 2.25 bits per heavy atom. The number of nitrogens with one attached hydrogen (secondary N) is 1. The third-order valence-corrected chi connectivity index (χ3v) is 3.91. The zero-order valence-corrected chi connectivity index (χ0v) is 10.6. The monoisotopic (exact) mass is 265 g/mol. The second kappa shape index (κ2) is 6.29. The van der Waals surface area contributed by atoms with Crippen LogP contribution < -0.4 is 4.72 Å². The average molecular weight is 265 g/mol. The minimum Gasteiger partial charge on any atom is -0.446 e. The SMILES string of the molecule is CSCCCNS(=O)(=O)c1ccc(CO)o1. The molecular weight excluding hydrogens is 250 g/mol. The lowest BCUT2D eigenvalue weighted by atomic mass is 10.5. The summed E-state index contributed by atoms with van der Waals surface area (Å²) < 4.78 is 30.6. The quantitative estimate of drug-likeness (QED) is 0.713. The maximum Gasteiger partial charge on any atom is 0.273 e. The van der Waals surface area contributed by atoms with Gasteiger partial charge in [0.2, 0.25) is 5.09 Å². The number of aliphatic hydroxyl groups excluding tert-OH is 1. The molecule has 16 heavy (non-hydrogen) atoms. The topological polar surface area (TPSA) is 79.5 Å². The first-order valence-corrected chi connectivity index (χ1v) is 7.66. The lowest BCUT2D eigenvalue weighted by Crippen LogP contribution is -2.24. The Kier molecular flexibility index (Phi) is 5.33. The van der Waals surface area contributed by atoms with Gasteiger partial charge in [0, 0.05) is 6.54 Å². The van der Waals surface area contributed by atoms with Crippen LogP contribution in [0.25, 0.3) is 0 Å². The Morgan fingerprint density at radius 3 is 2.81 bits per heavy atom. The van der Waals surface area contributed by atoms with Crippen LogP contribution in [0.15, 0.2) is 21.6 Å². The van der Waals surface area contributed by atoms with Gasteiger partial charge in [0.05, 0.1) is 0 Å². The molecule has 0 aliphatic rings. The molecule has 0 spiro atoms. The van der Waals surface area contributed by atoms with Gasteiger partial charge in [-0.05, 0) is 30.6 Å². The third kappa shape index (κ3) is 3.82. The van der Waals surface area contributed by atoms with E-state index >= 15 is 0 Å². The summed E-state index contributed by atoms with van der Waals surface area (Å²) in [7, 11) is -3.57. The van der Waals surface area contributed by atoms with Crippen molar-refractivity contribution in [3.63, 3.8) is 0 Å². The molecule has 0 unspecified atom stereocenters. The number of thioether (sulfide) groups is 1. The van der Waals surface area contributed by atoms with Crippen molar-refractivity contribution in [2.24, 2.45) is 0 Å². The van der Waals surface area contributed by atoms with E-state index in [9.17, 15) is 8.42 Å². The van der Waals surface area contributed by atoms with Crippen LogP contribution in [0.4, 0.5) is 0 Å². The summed E-state index contributed by atoms with van der Waals surface area (Å²) in [5.41, 5.74) is 0. The number of furan rings is 1. The van der Waals surface area contributed by atoms with E-state index in [4.69, 9.17) is 9.52 Å². The van der Waals surface area contributed by atoms with Crippen LogP contribution in [0.1, 0.15) is 12.2 Å². The van der Waals surface area contributed by atoms with Crippen molar-refractivity contribution in [3.8, 4) is 0 Å². The van der Waals surface area contributed by atoms with Gasteiger partial charge in [-0.1, -0.05) is 0 Å². The van der Waals surface area contributed by atoms with Crippen molar-refractivity contribution < 1.29 is 17.9 Å². The Labute approximate surface area is 99.3 Å². The Morgan fingerprint density at radius 1 is 1.50 bits per heavy atom. The van der Waals surface area contributed by atoms with Crippen LogP contribution in [-0.2, 0) is 16.6 Å². The molecule has 0 aliphatic carbocycles. The first kappa shape index (κ1) is 13.6. The summed E-state index contributed by atoms with van der Waals surface area (Å²) in [6, 6.07) is 2.78. The van der Waals surface area contributed by atoms with Gasteiger partial charge >= 0.3 is 0 Å². The van der Waals surface area contributed by atoms with E-state index in [1.54, 1.807) is 11.8 Å². The van der Waals surface area contributed by atoms with Crippen molar-refractivity contribution in [1.82, 2.24) is 4.72 Å². The molecule has 0 radical (unpaired) electrons. The summed E-state index contributed by atoms with van der Waals surface area (Å²) >= 11 is 1.66. The molecule has 0 aromatic carbocycles. The van der Waals surface area contributed by atoms with Crippen molar-refractivity contribution in [2.45, 2.75) is 18.1 Å². The molecule has 0 atom stereocenters. The van der Waals surface area contributed by atoms with Gasteiger partial charge in [-0.3, -0.25) is 0 Å². The van der Waals surface area contributed by atoms with Gasteiger partial charge in [0.15, 0.2) is 0 Å². The smallest absolute Gasteiger partial charge is 0.273 e. The molecule has 5 nitrogen and oxygen atoms in total. The minimum absolute atomic E-state index is 0.152. The maximum atomic E-state index is 11.6. The normalized spacial score (nSPS) is 11.9. The summed E-state index contributed by atoms with van der Waals surface area (Å²) in [5, 5.41) is 8.60. The van der Waals surface area contributed by atoms with Crippen LogP contribution >= 0.6 is 11.8 Å². The highest BCUT2D eigenvalue weighted by Gasteiger charge is 2.17. The zero-order chi connectivity index (χ0) is 12.0. The van der Waals surface area contributed by atoms with Gasteiger partial charge < -0.3 is 9.52 Å². The molecule has 7 heteroatoms. The van der Waals surface area contributed by atoms with Gasteiger partial charge in [0.1, 0.15) is 12.4 Å². The highest BCUT2D eigenvalue weighted by atomic mass is 32.2. The molecule has 1 aromatic heterocycles. The van der Waals surface area contributed by atoms with E-state index in [0.717, 1.165) is 12.2 Å². The van der Waals surface area contributed by atoms with Gasteiger partial charge in [-0.15, -0.1) is 0 Å². The highest BCUT2D eigenvalue weighted by molar-refractivity contribution is 7.98. The second-order valence-corrected chi connectivity index (χ2v) is 5.81. The van der Waals surface area contributed by atoms with E-state index in [2.05, 4.69) is 4.72 Å². The summed E-state index contributed by atoms with van der Waals surface area (Å²) in [6.07, 6.45) is 2.74. The minimum atomic E-state index is -3.57. The first-order chi connectivity index (χ1) is 7.60. The van der Waals surface area contributed by atoms with E-state index in [1.165, 1.54) is 12.1 Å². The van der Waals surface area contributed by atoms with Crippen molar-refractivity contribution in [1.29, 1.82) is 0 Å². The van der Waals surface area contributed by atoms with Crippen molar-refractivity contribution in [3.05, 3.63) is 17.9 Å². The lowest BCUT2D eigenvalue weighted by Gasteiger charge is -2.02. The largest absolute Gasteiger partial charge is 0.446 e. The fraction of sp³-hybridized carbons (Fsp3) is 0.556. The van der Waals surface area contributed by atoms with Crippen molar-refractivity contribution in [2.75, 3.05) is 18.6 Å². The predicted octanol–water partition coefficient (Wildman–Crippen LogP) is 0.803. The molecule has 0 bridgehead atoms. The molecule has 0 aliphatic heterocycles. The van der Waals surface area contributed by atoms with Gasteiger partial charge in [-0.25, -0.2) is 13.1 Å². The van der Waals surface area contributed by atoms with E-state index in [0.29, 0.717) is 6.54 Å². The van der Waals surface area contributed by atoms with Gasteiger partial charge in [-0.2, -0.15) is 11.8 Å². The van der Waals surface area contributed by atoms with E-state index in [-0.39, 0.29) is 17.5 Å². The molecule has 92 valence electrons. The fourth-order valence-electron chi connectivity index (χ4n) is 1.08. The molecular formula is C9H15NO4S2. The molecule has 1 heterocycles. The first-order valence-electron chi connectivity index (χ1n) is 4.78. The predicted molar refractivity (Wildman–Crippen MR) is 62.8 cm³/mol. The van der Waals surface area contributed by atoms with Crippen LogP contribution in [-0.4, -0.2) is 32.1 Å². The molecule has 2 N–H and O–H groups in total. The van der Waals surface area contributed by atoms with Crippen LogP contribution in [0.3, 0.4) is 0 Å². The number of hydrogen-bond acceptors (Lipinski definition) is 5. The Bertz CT molecular complexity index is 413. The fourth-order valence-corrected chi connectivity index (χ4v) is 2.53. The van der Waals surface area contributed by atoms with E-state index < -0.39 is 10.0 Å². The maximum absolute atomic E-state index is 11.6. The van der Waals surface area contributed by atoms with Crippen molar-refractivity contribution >= 4 is 21.8 Å². The summed E-state index contributed by atoms with van der Waals surface area (Å²) in [4.78, 5) is 0. The van der Waals surface area contributed by atoms with Gasteiger partial charge in [0.25, 0.3) is 10.0 Å². The molecule has 0 amide bonds. The summed E-state index contributed by atoms with van der Waals surface area (Å²) in [5.74, 6) is 1.15. The van der Waals surface area contributed by atoms with Crippen LogP contribution in [0, 0.1) is 0 Å². The Hall–Kier alpha value is -0.500. The molecule has 0 saturated carbocycles. The van der Waals surface area contributed by atoms with Crippen LogP contribution in [0.2, 0.25) is 0 Å². The third-order valence-electron chi connectivity index (χ3n) is 1.88. The molecule has 1 aromatic rings. The number of rotatable bonds is 7. The average Bonchev–Trinajstić information content (AvgIpc) is 2.73.